The van der Waals surface area contributed by atoms with Crippen molar-refractivity contribution in [2.75, 3.05) is 37.9 Å². The van der Waals surface area contributed by atoms with Gasteiger partial charge in [0.1, 0.15) is 17.4 Å². The lowest BCUT2D eigenvalue weighted by atomic mass is 10.1. The van der Waals surface area contributed by atoms with Crippen molar-refractivity contribution in [2.45, 2.75) is 13.3 Å². The molecule has 32 heavy (non-hydrogen) atoms. The molecule has 2 aliphatic rings. The summed E-state index contributed by atoms with van der Waals surface area (Å²) in [6, 6.07) is 17.1. The molecule has 8 heteroatoms. The van der Waals surface area contributed by atoms with E-state index in [2.05, 4.69) is 14.9 Å². The molecule has 164 valence electrons. The van der Waals surface area contributed by atoms with Crippen LogP contribution in [-0.4, -0.2) is 53.7 Å². The fourth-order valence-corrected chi connectivity index (χ4v) is 3.87. The average Bonchev–Trinajstić information content (AvgIpc) is 3.27. The third-order valence-electron chi connectivity index (χ3n) is 5.52. The topological polar surface area (TPSA) is 77.0 Å². The van der Waals surface area contributed by atoms with Gasteiger partial charge in [0.2, 0.25) is 18.6 Å². The molecule has 0 radical (unpaired) electrons. The number of aromatic nitrogens is 2. The number of hydrogen-bond donors (Lipinski definition) is 0. The highest BCUT2D eigenvalue weighted by molar-refractivity contribution is 5.79. The average molecular weight is 432 g/mol. The summed E-state index contributed by atoms with van der Waals surface area (Å²) in [6.07, 6.45) is 0.346. The van der Waals surface area contributed by atoms with Gasteiger partial charge in [0.25, 0.3) is 0 Å². The summed E-state index contributed by atoms with van der Waals surface area (Å²) in [5.41, 5.74) is 0.927. The third kappa shape index (κ3) is 4.44. The van der Waals surface area contributed by atoms with E-state index in [1.54, 1.807) is 0 Å². The second kappa shape index (κ2) is 8.74. The normalized spacial score (nSPS) is 15.0. The van der Waals surface area contributed by atoms with Crippen LogP contribution < -0.4 is 19.1 Å². The second-order valence-electron chi connectivity index (χ2n) is 7.76. The van der Waals surface area contributed by atoms with Crippen molar-refractivity contribution >= 4 is 11.7 Å². The minimum Gasteiger partial charge on any atom is -0.454 e. The zero-order valence-corrected chi connectivity index (χ0v) is 17.9. The molecule has 1 saturated heterocycles. The van der Waals surface area contributed by atoms with Crippen LogP contribution >= 0.6 is 0 Å². The van der Waals surface area contributed by atoms with Crippen LogP contribution in [0.3, 0.4) is 0 Å². The predicted molar refractivity (Wildman–Crippen MR) is 118 cm³/mol. The van der Waals surface area contributed by atoms with Gasteiger partial charge in [-0.3, -0.25) is 4.79 Å². The number of nitrogens with zero attached hydrogens (tertiary/aromatic N) is 4. The smallest absolute Gasteiger partial charge is 0.231 e. The lowest BCUT2D eigenvalue weighted by molar-refractivity contribution is -0.130. The number of rotatable bonds is 5. The largest absolute Gasteiger partial charge is 0.454 e. The van der Waals surface area contributed by atoms with Crippen LogP contribution in [0.15, 0.2) is 54.6 Å². The van der Waals surface area contributed by atoms with E-state index in [1.807, 2.05) is 66.4 Å². The molecule has 0 spiro atoms. The van der Waals surface area contributed by atoms with Gasteiger partial charge in [0, 0.05) is 32.2 Å². The van der Waals surface area contributed by atoms with Crippen molar-refractivity contribution in [1.29, 1.82) is 0 Å². The summed E-state index contributed by atoms with van der Waals surface area (Å²) in [6.45, 7) is 4.77. The molecule has 0 unspecified atom stereocenters. The summed E-state index contributed by atoms with van der Waals surface area (Å²) in [5.74, 6) is 4.24. The highest BCUT2D eigenvalue weighted by Gasteiger charge is 2.23. The molecule has 5 rings (SSSR count). The lowest BCUT2D eigenvalue weighted by Gasteiger charge is -2.35. The highest BCUT2D eigenvalue weighted by atomic mass is 16.7. The molecule has 2 aromatic carbocycles. The fourth-order valence-electron chi connectivity index (χ4n) is 3.87. The molecule has 0 aliphatic carbocycles. The van der Waals surface area contributed by atoms with E-state index in [0.717, 1.165) is 22.9 Å². The van der Waals surface area contributed by atoms with E-state index in [9.17, 15) is 4.79 Å². The summed E-state index contributed by atoms with van der Waals surface area (Å²) < 4.78 is 16.6. The third-order valence-corrected chi connectivity index (χ3v) is 5.52. The van der Waals surface area contributed by atoms with Gasteiger partial charge >= 0.3 is 0 Å². The van der Waals surface area contributed by atoms with Crippen LogP contribution in [0, 0.1) is 6.92 Å². The zero-order chi connectivity index (χ0) is 21.9. The molecule has 3 heterocycles. The van der Waals surface area contributed by atoms with Crippen LogP contribution in [0.1, 0.15) is 11.4 Å². The van der Waals surface area contributed by atoms with Crippen LogP contribution in [0.5, 0.6) is 23.1 Å². The summed E-state index contributed by atoms with van der Waals surface area (Å²) >= 11 is 0. The van der Waals surface area contributed by atoms with E-state index < -0.39 is 0 Å². The van der Waals surface area contributed by atoms with Gasteiger partial charge in [-0.2, -0.15) is 4.98 Å². The van der Waals surface area contributed by atoms with Crippen LogP contribution in [-0.2, 0) is 11.2 Å². The molecule has 1 amide bonds. The first kappa shape index (κ1) is 20.1. The van der Waals surface area contributed by atoms with Gasteiger partial charge in [-0.05, 0) is 36.8 Å². The molecule has 0 N–H and O–H groups in total. The number of piperazine rings is 1. The number of hydrogen-bond acceptors (Lipinski definition) is 7. The number of aryl methyl sites for hydroxylation is 1. The Labute approximate surface area is 186 Å². The van der Waals surface area contributed by atoms with E-state index in [1.165, 1.54) is 0 Å². The predicted octanol–water partition coefficient (Wildman–Crippen LogP) is 3.20. The number of carbonyl (C=O) groups is 1. The van der Waals surface area contributed by atoms with E-state index in [0.29, 0.717) is 50.1 Å². The Morgan fingerprint density at radius 3 is 2.56 bits per heavy atom. The summed E-state index contributed by atoms with van der Waals surface area (Å²) in [4.78, 5) is 25.8. The number of carbonyl (C=O) groups excluding carboxylic acids is 1. The van der Waals surface area contributed by atoms with Crippen molar-refractivity contribution in [3.63, 3.8) is 0 Å². The quantitative estimate of drug-likeness (QED) is 0.613. The van der Waals surface area contributed by atoms with Crippen molar-refractivity contribution in [2.24, 2.45) is 0 Å². The Hall–Kier alpha value is -3.81. The Morgan fingerprint density at radius 1 is 0.969 bits per heavy atom. The number of amides is 1. The number of ether oxygens (including phenoxy) is 3. The van der Waals surface area contributed by atoms with Gasteiger partial charge in [-0.25, -0.2) is 4.98 Å². The Bertz CT molecular complexity index is 1110. The van der Waals surface area contributed by atoms with Gasteiger partial charge < -0.3 is 24.0 Å². The van der Waals surface area contributed by atoms with Crippen molar-refractivity contribution in [3.8, 4) is 23.1 Å². The Kier molecular flexibility index (Phi) is 5.49. The molecule has 0 bridgehead atoms. The molecular formula is C24H24N4O4. The van der Waals surface area contributed by atoms with Gasteiger partial charge in [0.05, 0.1) is 6.42 Å². The minimum absolute atomic E-state index is 0.107. The maximum Gasteiger partial charge on any atom is 0.231 e. The van der Waals surface area contributed by atoms with Gasteiger partial charge in [0.15, 0.2) is 11.5 Å². The Balaban J connectivity index is 1.20. The molecule has 8 nitrogen and oxygen atoms in total. The first-order valence-electron chi connectivity index (χ1n) is 10.6. The number of fused-ring (bicyclic) bond motifs is 1. The van der Waals surface area contributed by atoms with Crippen molar-refractivity contribution < 1.29 is 19.0 Å². The van der Waals surface area contributed by atoms with Gasteiger partial charge in [-0.1, -0.05) is 24.3 Å². The highest BCUT2D eigenvalue weighted by Crippen LogP contribution is 2.32. The fraction of sp³-hybridized carbons (Fsp3) is 0.292. The number of para-hydroxylation sites is 1. The van der Waals surface area contributed by atoms with Crippen LogP contribution in [0.2, 0.25) is 0 Å². The van der Waals surface area contributed by atoms with Gasteiger partial charge in [-0.15, -0.1) is 0 Å². The summed E-state index contributed by atoms with van der Waals surface area (Å²) in [7, 11) is 0. The molecule has 0 saturated carbocycles. The van der Waals surface area contributed by atoms with Crippen molar-refractivity contribution in [3.05, 3.63) is 66.0 Å². The number of benzene rings is 2. The Morgan fingerprint density at radius 2 is 1.75 bits per heavy atom. The first-order chi connectivity index (χ1) is 15.6. The van der Waals surface area contributed by atoms with Crippen LogP contribution in [0.4, 0.5) is 5.82 Å². The maximum absolute atomic E-state index is 12.8. The second-order valence-corrected chi connectivity index (χ2v) is 7.76. The molecule has 2 aliphatic heterocycles. The molecular weight excluding hydrogens is 408 g/mol. The minimum atomic E-state index is 0.107. The van der Waals surface area contributed by atoms with Crippen molar-refractivity contribution in [1.82, 2.24) is 14.9 Å². The molecule has 0 atom stereocenters. The van der Waals surface area contributed by atoms with Crippen LogP contribution in [0.25, 0.3) is 0 Å². The first-order valence-corrected chi connectivity index (χ1v) is 10.6. The van der Waals surface area contributed by atoms with E-state index >= 15 is 0 Å². The van der Waals surface area contributed by atoms with E-state index in [4.69, 9.17) is 14.2 Å². The standard InChI is InChI=1S/C24H24N4O4/c1-17-25-22(15-23(26-17)32-19-5-3-2-4-6-19)27-9-11-28(12-10-27)24(29)14-18-7-8-20-21(13-18)31-16-30-20/h2-8,13,15H,9-12,14,16H2,1H3. The number of anilines is 1. The SMILES string of the molecule is Cc1nc(Oc2ccccc2)cc(N2CCN(C(=O)Cc3ccc4c(c3)OCO4)CC2)n1. The molecule has 3 aromatic rings. The monoisotopic (exact) mass is 432 g/mol. The lowest BCUT2D eigenvalue weighted by Crippen LogP contribution is -2.49. The zero-order valence-electron chi connectivity index (χ0n) is 17.9. The van der Waals surface area contributed by atoms with E-state index in [-0.39, 0.29) is 12.7 Å². The molecule has 1 aromatic heterocycles. The maximum atomic E-state index is 12.8. The summed E-state index contributed by atoms with van der Waals surface area (Å²) in [5, 5.41) is 0. The molecule has 1 fully saturated rings.